The second kappa shape index (κ2) is 6.81. The Morgan fingerprint density at radius 2 is 2.05 bits per heavy atom. The van der Waals surface area contributed by atoms with Crippen molar-refractivity contribution in [3.8, 4) is 0 Å². The van der Waals surface area contributed by atoms with Gasteiger partial charge in [-0.2, -0.15) is 0 Å². The number of nitrogens with two attached hydrogens (primary N) is 1. The predicted octanol–water partition coefficient (Wildman–Crippen LogP) is 4.01. The van der Waals surface area contributed by atoms with Crippen LogP contribution < -0.4 is 11.3 Å². The van der Waals surface area contributed by atoms with Crippen molar-refractivity contribution in [1.82, 2.24) is 10.4 Å². The van der Waals surface area contributed by atoms with Crippen LogP contribution in [0.15, 0.2) is 45.5 Å². The Balaban J connectivity index is 2.24. The molecule has 2 rings (SSSR count). The number of rotatable bonds is 4. The monoisotopic (exact) mass is 403 g/mol. The highest BCUT2D eigenvalue weighted by Gasteiger charge is 2.15. The lowest BCUT2D eigenvalue weighted by atomic mass is 10.0. The van der Waals surface area contributed by atoms with Gasteiger partial charge in [0, 0.05) is 32.3 Å². The molecule has 0 saturated heterocycles. The van der Waals surface area contributed by atoms with Crippen LogP contribution in [0.4, 0.5) is 0 Å². The molecule has 1 atom stereocenters. The van der Waals surface area contributed by atoms with Crippen LogP contribution in [-0.4, -0.2) is 4.98 Å². The Kier molecular flexibility index (Phi) is 5.36. The Hall–Kier alpha value is -0.460. The van der Waals surface area contributed by atoms with E-state index in [1.807, 2.05) is 30.3 Å². The number of hydrogen-bond donors (Lipinski definition) is 2. The lowest BCUT2D eigenvalue weighted by Gasteiger charge is -2.18. The highest BCUT2D eigenvalue weighted by molar-refractivity contribution is 9.10. The number of hydrazine groups is 1. The standard InChI is InChI=1S/C13H12Br2ClN3/c14-8-1-3-10(18-7-8)6-13(19-17)11-5-9(16)2-4-12(11)15/h1-5,7,13,19H,6,17H2. The van der Waals surface area contributed by atoms with Crippen molar-refractivity contribution in [2.45, 2.75) is 12.5 Å². The normalized spacial score (nSPS) is 12.4. The van der Waals surface area contributed by atoms with E-state index in [1.165, 1.54) is 0 Å². The summed E-state index contributed by atoms with van der Waals surface area (Å²) in [6.07, 6.45) is 2.46. The second-order valence-corrected chi connectivity index (χ2v) is 6.26. The van der Waals surface area contributed by atoms with E-state index in [-0.39, 0.29) is 6.04 Å². The summed E-state index contributed by atoms with van der Waals surface area (Å²) >= 11 is 12.9. The third-order valence-corrected chi connectivity index (χ3v) is 4.16. The third-order valence-electron chi connectivity index (χ3n) is 2.74. The molecule has 0 radical (unpaired) electrons. The number of hydrogen-bond acceptors (Lipinski definition) is 3. The molecule has 3 N–H and O–H groups in total. The van der Waals surface area contributed by atoms with Crippen molar-refractivity contribution in [2.75, 3.05) is 0 Å². The second-order valence-electron chi connectivity index (χ2n) is 4.06. The number of aromatic nitrogens is 1. The van der Waals surface area contributed by atoms with Gasteiger partial charge in [-0.05, 0) is 51.8 Å². The quantitative estimate of drug-likeness (QED) is 0.597. The predicted molar refractivity (Wildman–Crippen MR) is 84.9 cm³/mol. The van der Waals surface area contributed by atoms with Crippen LogP contribution in [0.5, 0.6) is 0 Å². The number of nitrogens with one attached hydrogen (secondary N) is 1. The molecule has 0 aliphatic carbocycles. The minimum Gasteiger partial charge on any atom is -0.271 e. The van der Waals surface area contributed by atoms with Crippen molar-refractivity contribution in [3.63, 3.8) is 0 Å². The Bertz CT molecular complexity index is 560. The average molecular weight is 406 g/mol. The largest absolute Gasteiger partial charge is 0.271 e. The van der Waals surface area contributed by atoms with Crippen molar-refractivity contribution in [3.05, 3.63) is 61.8 Å². The van der Waals surface area contributed by atoms with Gasteiger partial charge in [-0.3, -0.25) is 16.3 Å². The van der Waals surface area contributed by atoms with Gasteiger partial charge in [0.25, 0.3) is 0 Å². The van der Waals surface area contributed by atoms with Crippen molar-refractivity contribution in [1.29, 1.82) is 0 Å². The zero-order valence-corrected chi connectivity index (χ0v) is 13.8. The molecule has 6 heteroatoms. The molecule has 1 unspecified atom stereocenters. The fraction of sp³-hybridized carbons (Fsp3) is 0.154. The maximum absolute atomic E-state index is 6.03. The van der Waals surface area contributed by atoms with E-state index < -0.39 is 0 Å². The molecule has 1 aromatic carbocycles. The first kappa shape index (κ1) is 14.9. The van der Waals surface area contributed by atoms with E-state index in [2.05, 4.69) is 42.3 Å². The highest BCUT2D eigenvalue weighted by atomic mass is 79.9. The first-order valence-electron chi connectivity index (χ1n) is 5.61. The molecule has 1 aromatic heterocycles. The Labute approximate surface area is 133 Å². The molecule has 0 aliphatic heterocycles. The van der Waals surface area contributed by atoms with Crippen molar-refractivity contribution in [2.24, 2.45) is 5.84 Å². The van der Waals surface area contributed by atoms with Crippen molar-refractivity contribution < 1.29 is 0 Å². The average Bonchev–Trinajstić information content (AvgIpc) is 2.41. The summed E-state index contributed by atoms with van der Waals surface area (Å²) in [7, 11) is 0. The van der Waals surface area contributed by atoms with Crippen LogP contribution in [0.2, 0.25) is 5.02 Å². The molecule has 0 saturated carbocycles. The molecular formula is C13H12Br2ClN3. The van der Waals surface area contributed by atoms with Crippen LogP contribution in [0.25, 0.3) is 0 Å². The Morgan fingerprint density at radius 3 is 2.68 bits per heavy atom. The molecular weight excluding hydrogens is 393 g/mol. The number of halogens is 3. The molecule has 0 aliphatic rings. The smallest absolute Gasteiger partial charge is 0.0527 e. The molecule has 19 heavy (non-hydrogen) atoms. The maximum atomic E-state index is 6.03. The lowest BCUT2D eigenvalue weighted by molar-refractivity contribution is 0.544. The Morgan fingerprint density at radius 1 is 1.26 bits per heavy atom. The van der Waals surface area contributed by atoms with Gasteiger partial charge in [0.05, 0.1) is 6.04 Å². The minimum atomic E-state index is -0.0539. The first-order chi connectivity index (χ1) is 9.10. The topological polar surface area (TPSA) is 50.9 Å². The van der Waals surface area contributed by atoms with Crippen LogP contribution in [0.3, 0.4) is 0 Å². The van der Waals surface area contributed by atoms with Crippen LogP contribution >= 0.6 is 43.5 Å². The van der Waals surface area contributed by atoms with Gasteiger partial charge in [0.15, 0.2) is 0 Å². The van der Waals surface area contributed by atoms with Gasteiger partial charge in [-0.25, -0.2) is 0 Å². The van der Waals surface area contributed by atoms with Gasteiger partial charge < -0.3 is 0 Å². The lowest BCUT2D eigenvalue weighted by Crippen LogP contribution is -2.30. The van der Waals surface area contributed by atoms with Crippen LogP contribution in [0.1, 0.15) is 17.3 Å². The summed E-state index contributed by atoms with van der Waals surface area (Å²) in [6.45, 7) is 0. The van der Waals surface area contributed by atoms with E-state index in [0.29, 0.717) is 11.4 Å². The van der Waals surface area contributed by atoms with Crippen LogP contribution in [0, 0.1) is 0 Å². The highest BCUT2D eigenvalue weighted by Crippen LogP contribution is 2.28. The van der Waals surface area contributed by atoms with E-state index >= 15 is 0 Å². The molecule has 0 fully saturated rings. The van der Waals surface area contributed by atoms with Gasteiger partial charge >= 0.3 is 0 Å². The summed E-state index contributed by atoms with van der Waals surface area (Å²) in [5.74, 6) is 5.65. The van der Waals surface area contributed by atoms with Gasteiger partial charge in [0.2, 0.25) is 0 Å². The van der Waals surface area contributed by atoms with Gasteiger partial charge in [-0.15, -0.1) is 0 Å². The molecule has 0 amide bonds. The molecule has 2 aromatic rings. The summed E-state index contributed by atoms with van der Waals surface area (Å²) < 4.78 is 1.93. The molecule has 0 spiro atoms. The molecule has 0 bridgehead atoms. The maximum Gasteiger partial charge on any atom is 0.0527 e. The fourth-order valence-electron chi connectivity index (χ4n) is 1.78. The third kappa shape index (κ3) is 4.00. The van der Waals surface area contributed by atoms with Gasteiger partial charge in [0.1, 0.15) is 0 Å². The summed E-state index contributed by atoms with van der Waals surface area (Å²) in [4.78, 5) is 4.35. The first-order valence-corrected chi connectivity index (χ1v) is 7.58. The summed E-state index contributed by atoms with van der Waals surface area (Å²) in [6, 6.07) is 9.52. The van der Waals surface area contributed by atoms with E-state index in [1.54, 1.807) is 6.20 Å². The molecule has 100 valence electrons. The van der Waals surface area contributed by atoms with E-state index in [9.17, 15) is 0 Å². The van der Waals surface area contributed by atoms with Crippen LogP contribution in [-0.2, 0) is 6.42 Å². The minimum absolute atomic E-state index is 0.0539. The SMILES string of the molecule is NNC(Cc1ccc(Br)cn1)c1cc(Cl)ccc1Br. The van der Waals surface area contributed by atoms with Gasteiger partial charge in [-0.1, -0.05) is 27.5 Å². The fourth-order valence-corrected chi connectivity index (χ4v) is 2.71. The van der Waals surface area contributed by atoms with E-state index in [0.717, 1.165) is 20.2 Å². The summed E-state index contributed by atoms with van der Waals surface area (Å²) in [5, 5.41) is 0.683. The zero-order valence-electron chi connectivity index (χ0n) is 9.91. The molecule has 1 heterocycles. The number of pyridine rings is 1. The molecule has 3 nitrogen and oxygen atoms in total. The summed E-state index contributed by atoms with van der Waals surface area (Å²) in [5.41, 5.74) is 4.78. The van der Waals surface area contributed by atoms with Crippen molar-refractivity contribution >= 4 is 43.5 Å². The van der Waals surface area contributed by atoms with E-state index in [4.69, 9.17) is 17.4 Å². The number of benzene rings is 1. The zero-order chi connectivity index (χ0) is 13.8. The number of nitrogens with zero attached hydrogens (tertiary/aromatic N) is 1.